The summed E-state index contributed by atoms with van der Waals surface area (Å²) in [5.41, 5.74) is 1.56. The van der Waals surface area contributed by atoms with Crippen molar-refractivity contribution in [3.8, 4) is 0 Å². The van der Waals surface area contributed by atoms with E-state index in [2.05, 4.69) is 0 Å². The van der Waals surface area contributed by atoms with Gasteiger partial charge >= 0.3 is 0 Å². The lowest BCUT2D eigenvalue weighted by Crippen LogP contribution is -2.04. The van der Waals surface area contributed by atoms with Crippen molar-refractivity contribution in [3.63, 3.8) is 0 Å². The predicted octanol–water partition coefficient (Wildman–Crippen LogP) is 5.84. The Balaban J connectivity index is 2.56. The van der Waals surface area contributed by atoms with Gasteiger partial charge in [0.15, 0.2) is 5.78 Å². The van der Waals surface area contributed by atoms with Gasteiger partial charge in [-0.15, -0.1) is 0 Å². The van der Waals surface area contributed by atoms with Gasteiger partial charge in [0.2, 0.25) is 0 Å². The van der Waals surface area contributed by atoms with Crippen LogP contribution in [-0.4, -0.2) is 5.78 Å². The van der Waals surface area contributed by atoms with E-state index >= 15 is 0 Å². The van der Waals surface area contributed by atoms with Gasteiger partial charge in [-0.3, -0.25) is 4.79 Å². The van der Waals surface area contributed by atoms with Gasteiger partial charge in [-0.2, -0.15) is 0 Å². The topological polar surface area (TPSA) is 17.1 Å². The molecular weight excluding hydrogens is 326 g/mol. The molecule has 0 aliphatic carbocycles. The fourth-order valence-electron chi connectivity index (χ4n) is 1.77. The van der Waals surface area contributed by atoms with Gasteiger partial charge in [0.05, 0.1) is 15.6 Å². The van der Waals surface area contributed by atoms with E-state index in [1.807, 2.05) is 6.92 Å². The molecule has 2 rings (SSSR count). The Kier molecular flexibility index (Phi) is 4.42. The zero-order valence-electron chi connectivity index (χ0n) is 9.81. The van der Waals surface area contributed by atoms with E-state index in [-0.39, 0.29) is 21.4 Å². The van der Waals surface area contributed by atoms with Gasteiger partial charge in [0.25, 0.3) is 0 Å². The maximum absolute atomic E-state index is 12.4. The molecule has 0 radical (unpaired) electrons. The molecule has 2 aromatic carbocycles. The summed E-state index contributed by atoms with van der Waals surface area (Å²) in [4.78, 5) is 12.4. The van der Waals surface area contributed by atoms with Crippen molar-refractivity contribution in [2.24, 2.45) is 0 Å². The Morgan fingerprint density at radius 1 is 0.842 bits per heavy atom. The van der Waals surface area contributed by atoms with Crippen molar-refractivity contribution in [1.29, 1.82) is 0 Å². The third kappa shape index (κ3) is 3.24. The first-order valence-corrected chi connectivity index (χ1v) is 6.86. The normalized spacial score (nSPS) is 10.6. The first-order valence-electron chi connectivity index (χ1n) is 5.35. The Morgan fingerprint density at radius 2 is 1.37 bits per heavy atom. The Morgan fingerprint density at radius 3 is 1.89 bits per heavy atom. The van der Waals surface area contributed by atoms with Crippen molar-refractivity contribution < 1.29 is 4.79 Å². The highest BCUT2D eigenvalue weighted by Crippen LogP contribution is 2.31. The first-order chi connectivity index (χ1) is 8.88. The fraction of sp³-hybridized carbons (Fsp3) is 0.0714. The standard InChI is InChI=1S/C14H8Cl4O/c1-7-2-8(4-9(15)3-7)14(19)13-11(17)5-10(16)6-12(13)18/h2-6H,1H3. The molecule has 2 aromatic rings. The van der Waals surface area contributed by atoms with Crippen LogP contribution in [0.5, 0.6) is 0 Å². The minimum absolute atomic E-state index is 0.222. The summed E-state index contributed by atoms with van der Waals surface area (Å²) in [6.45, 7) is 1.85. The van der Waals surface area contributed by atoms with Crippen LogP contribution in [-0.2, 0) is 0 Å². The second-order valence-electron chi connectivity index (χ2n) is 4.09. The summed E-state index contributed by atoms with van der Waals surface area (Å²) in [5, 5.41) is 1.32. The second-order valence-corrected chi connectivity index (χ2v) is 5.78. The molecule has 0 heterocycles. The molecule has 0 aromatic heterocycles. The Hall–Kier alpha value is -0.730. The van der Waals surface area contributed by atoms with Crippen LogP contribution in [0.3, 0.4) is 0 Å². The van der Waals surface area contributed by atoms with Crippen molar-refractivity contribution in [2.45, 2.75) is 6.92 Å². The third-order valence-corrected chi connectivity index (χ3v) is 3.57. The SMILES string of the molecule is Cc1cc(Cl)cc(C(=O)c2c(Cl)cc(Cl)cc2Cl)c1. The third-order valence-electron chi connectivity index (χ3n) is 2.54. The molecule has 0 atom stereocenters. The van der Waals surface area contributed by atoms with Crippen LogP contribution in [0.2, 0.25) is 20.1 Å². The number of aryl methyl sites for hydroxylation is 1. The van der Waals surface area contributed by atoms with E-state index in [0.29, 0.717) is 15.6 Å². The predicted molar refractivity (Wildman–Crippen MR) is 81.1 cm³/mol. The summed E-state index contributed by atoms with van der Waals surface area (Å²) in [6, 6.07) is 8.05. The van der Waals surface area contributed by atoms with Gasteiger partial charge in [0, 0.05) is 15.6 Å². The average molecular weight is 334 g/mol. The molecule has 0 bridgehead atoms. The van der Waals surface area contributed by atoms with Gasteiger partial charge in [-0.05, 0) is 42.8 Å². The highest BCUT2D eigenvalue weighted by Gasteiger charge is 2.18. The van der Waals surface area contributed by atoms with Crippen LogP contribution in [0, 0.1) is 6.92 Å². The zero-order valence-corrected chi connectivity index (χ0v) is 12.8. The van der Waals surface area contributed by atoms with Gasteiger partial charge in [-0.1, -0.05) is 46.4 Å². The molecule has 0 amide bonds. The highest BCUT2D eigenvalue weighted by molar-refractivity contribution is 6.43. The minimum Gasteiger partial charge on any atom is -0.288 e. The number of ketones is 1. The second kappa shape index (κ2) is 5.72. The minimum atomic E-state index is -0.280. The molecule has 1 nitrogen and oxygen atoms in total. The van der Waals surface area contributed by atoms with Gasteiger partial charge < -0.3 is 0 Å². The summed E-state index contributed by atoms with van der Waals surface area (Å²) < 4.78 is 0. The maximum atomic E-state index is 12.4. The summed E-state index contributed by atoms with van der Waals surface area (Å²) >= 11 is 23.8. The molecule has 0 saturated carbocycles. The van der Waals surface area contributed by atoms with Crippen LogP contribution < -0.4 is 0 Å². The maximum Gasteiger partial charge on any atom is 0.196 e. The molecule has 98 valence electrons. The summed E-state index contributed by atoms with van der Waals surface area (Å²) in [7, 11) is 0. The zero-order chi connectivity index (χ0) is 14.2. The molecule has 19 heavy (non-hydrogen) atoms. The number of hydrogen-bond donors (Lipinski definition) is 0. The molecule has 0 aliphatic heterocycles. The van der Waals surface area contributed by atoms with Crippen molar-refractivity contribution in [2.75, 3.05) is 0 Å². The van der Waals surface area contributed by atoms with E-state index in [9.17, 15) is 4.79 Å². The van der Waals surface area contributed by atoms with E-state index in [4.69, 9.17) is 46.4 Å². The van der Waals surface area contributed by atoms with E-state index in [1.54, 1.807) is 18.2 Å². The Bertz CT molecular complexity index is 621. The largest absolute Gasteiger partial charge is 0.288 e. The number of hydrogen-bond acceptors (Lipinski definition) is 1. The van der Waals surface area contributed by atoms with Crippen LogP contribution in [0.4, 0.5) is 0 Å². The molecular formula is C14H8Cl4O. The number of carbonyl (C=O) groups is 1. The van der Waals surface area contributed by atoms with E-state index < -0.39 is 0 Å². The van der Waals surface area contributed by atoms with Gasteiger partial charge in [0.1, 0.15) is 0 Å². The highest BCUT2D eigenvalue weighted by atomic mass is 35.5. The summed E-state index contributed by atoms with van der Waals surface area (Å²) in [5.74, 6) is -0.280. The van der Waals surface area contributed by atoms with E-state index in [0.717, 1.165) is 5.56 Å². The van der Waals surface area contributed by atoms with Crippen LogP contribution in [0.15, 0.2) is 30.3 Å². The molecule has 0 fully saturated rings. The molecule has 5 heteroatoms. The van der Waals surface area contributed by atoms with Crippen LogP contribution in [0.1, 0.15) is 21.5 Å². The summed E-state index contributed by atoms with van der Waals surface area (Å²) in [6.07, 6.45) is 0. The smallest absolute Gasteiger partial charge is 0.196 e. The lowest BCUT2D eigenvalue weighted by Gasteiger charge is -2.08. The van der Waals surface area contributed by atoms with Crippen LogP contribution >= 0.6 is 46.4 Å². The average Bonchev–Trinajstić information content (AvgIpc) is 2.25. The Labute approximate surface area is 131 Å². The number of rotatable bonds is 2. The quantitative estimate of drug-likeness (QED) is 0.631. The first kappa shape index (κ1) is 14.7. The van der Waals surface area contributed by atoms with E-state index in [1.165, 1.54) is 12.1 Å². The number of halogens is 4. The van der Waals surface area contributed by atoms with Crippen LogP contribution in [0.25, 0.3) is 0 Å². The molecule has 0 spiro atoms. The molecule has 0 saturated heterocycles. The lowest BCUT2D eigenvalue weighted by molar-refractivity contribution is 0.103. The fourth-order valence-corrected chi connectivity index (χ4v) is 3.05. The number of carbonyl (C=O) groups excluding carboxylic acids is 1. The number of benzene rings is 2. The monoisotopic (exact) mass is 332 g/mol. The lowest BCUT2D eigenvalue weighted by atomic mass is 10.0. The molecule has 0 unspecified atom stereocenters. The van der Waals surface area contributed by atoms with Crippen molar-refractivity contribution in [3.05, 3.63) is 67.1 Å². The molecule has 0 aliphatic rings. The van der Waals surface area contributed by atoms with Gasteiger partial charge in [-0.25, -0.2) is 0 Å². The molecule has 0 N–H and O–H groups in total. The van der Waals surface area contributed by atoms with Crippen molar-refractivity contribution >= 4 is 52.2 Å². The van der Waals surface area contributed by atoms with Crippen molar-refractivity contribution in [1.82, 2.24) is 0 Å².